The van der Waals surface area contributed by atoms with Gasteiger partial charge in [0.2, 0.25) is 0 Å². The minimum absolute atomic E-state index is 0.0591. The van der Waals surface area contributed by atoms with Gasteiger partial charge in [-0.3, -0.25) is 9.89 Å². The third-order valence-electron chi connectivity index (χ3n) is 4.78. The van der Waals surface area contributed by atoms with Gasteiger partial charge < -0.3 is 4.90 Å². The second-order valence-electron chi connectivity index (χ2n) is 5.61. The van der Waals surface area contributed by atoms with Crippen molar-refractivity contribution >= 4 is 5.91 Å². The molecule has 0 aromatic carbocycles. The molecule has 0 aliphatic heterocycles. The zero-order valence-electron chi connectivity index (χ0n) is 10.3. The van der Waals surface area contributed by atoms with Crippen molar-refractivity contribution in [2.75, 3.05) is 13.6 Å². The average molecular weight is 233 g/mol. The molecule has 92 valence electrons. The zero-order chi connectivity index (χ0) is 11.9. The van der Waals surface area contributed by atoms with Crippen LogP contribution in [0.15, 0.2) is 12.3 Å². The molecule has 4 heteroatoms. The minimum Gasteiger partial charge on any atom is -0.340 e. The van der Waals surface area contributed by atoms with Crippen LogP contribution in [0, 0.1) is 11.3 Å². The number of aromatic amines is 1. The summed E-state index contributed by atoms with van der Waals surface area (Å²) in [4.78, 5) is 13.9. The van der Waals surface area contributed by atoms with Gasteiger partial charge >= 0.3 is 0 Å². The molecular formula is C13H19N3O. The number of hydrogen-bond donors (Lipinski definition) is 1. The second-order valence-corrected chi connectivity index (χ2v) is 5.61. The van der Waals surface area contributed by atoms with Crippen molar-refractivity contribution in [2.45, 2.75) is 32.1 Å². The highest BCUT2D eigenvalue weighted by atomic mass is 16.2. The van der Waals surface area contributed by atoms with Crippen molar-refractivity contribution in [3.8, 4) is 0 Å². The number of nitrogens with one attached hydrogen (secondary N) is 1. The molecule has 1 spiro atoms. The van der Waals surface area contributed by atoms with Gasteiger partial charge in [-0.15, -0.1) is 0 Å². The first kappa shape index (κ1) is 10.8. The average Bonchev–Trinajstić information content (AvgIpc) is 2.74. The van der Waals surface area contributed by atoms with E-state index >= 15 is 0 Å². The summed E-state index contributed by atoms with van der Waals surface area (Å²) >= 11 is 0. The van der Waals surface area contributed by atoms with Crippen molar-refractivity contribution in [3.63, 3.8) is 0 Å². The lowest BCUT2D eigenvalue weighted by Gasteiger charge is -2.57. The first-order valence-electron chi connectivity index (χ1n) is 6.46. The van der Waals surface area contributed by atoms with E-state index in [4.69, 9.17) is 0 Å². The largest absolute Gasteiger partial charge is 0.340 e. The number of aromatic nitrogens is 2. The fourth-order valence-electron chi connectivity index (χ4n) is 3.32. The topological polar surface area (TPSA) is 49.0 Å². The molecule has 1 aromatic rings. The van der Waals surface area contributed by atoms with Crippen LogP contribution in [0.4, 0.5) is 0 Å². The van der Waals surface area contributed by atoms with Crippen LogP contribution in [0.25, 0.3) is 0 Å². The molecule has 1 heterocycles. The van der Waals surface area contributed by atoms with E-state index in [-0.39, 0.29) is 5.91 Å². The Morgan fingerprint density at radius 1 is 1.59 bits per heavy atom. The van der Waals surface area contributed by atoms with Crippen LogP contribution in [0.5, 0.6) is 0 Å². The van der Waals surface area contributed by atoms with E-state index in [1.165, 1.54) is 32.1 Å². The maximum atomic E-state index is 12.1. The predicted octanol–water partition coefficient (Wildman–Crippen LogP) is 2.06. The maximum Gasteiger partial charge on any atom is 0.271 e. The first-order chi connectivity index (χ1) is 8.21. The summed E-state index contributed by atoms with van der Waals surface area (Å²) in [6.07, 6.45) is 8.43. The molecule has 1 unspecified atom stereocenters. The quantitative estimate of drug-likeness (QED) is 0.868. The summed E-state index contributed by atoms with van der Waals surface area (Å²) < 4.78 is 0. The van der Waals surface area contributed by atoms with E-state index in [2.05, 4.69) is 10.2 Å². The molecule has 2 aliphatic rings. The van der Waals surface area contributed by atoms with Crippen molar-refractivity contribution in [2.24, 2.45) is 11.3 Å². The Labute approximate surface area is 101 Å². The third kappa shape index (κ3) is 1.66. The van der Waals surface area contributed by atoms with E-state index in [0.29, 0.717) is 11.1 Å². The second kappa shape index (κ2) is 3.86. The van der Waals surface area contributed by atoms with Gasteiger partial charge in [0.05, 0.1) is 0 Å². The molecule has 0 saturated heterocycles. The van der Waals surface area contributed by atoms with Crippen LogP contribution in [0.3, 0.4) is 0 Å². The molecule has 1 aromatic heterocycles. The third-order valence-corrected chi connectivity index (χ3v) is 4.78. The summed E-state index contributed by atoms with van der Waals surface area (Å²) in [7, 11) is 1.90. The maximum absolute atomic E-state index is 12.1. The molecule has 4 nitrogen and oxygen atoms in total. The highest BCUT2D eigenvalue weighted by Gasteiger charge is 2.50. The molecule has 1 N–H and O–H groups in total. The molecular weight excluding hydrogens is 214 g/mol. The Bertz CT molecular complexity index is 403. The molecule has 0 bridgehead atoms. The SMILES string of the molecule is CN(CC1CCC12CCC2)C(=O)c1ccn[nH]1. The fraction of sp³-hybridized carbons (Fsp3) is 0.692. The van der Waals surface area contributed by atoms with Crippen molar-refractivity contribution < 1.29 is 4.79 Å². The summed E-state index contributed by atoms with van der Waals surface area (Å²) in [6, 6.07) is 1.73. The highest BCUT2D eigenvalue weighted by Crippen LogP contribution is 2.59. The fourth-order valence-corrected chi connectivity index (χ4v) is 3.32. The summed E-state index contributed by atoms with van der Waals surface area (Å²) in [5, 5.41) is 6.56. The van der Waals surface area contributed by atoms with Gasteiger partial charge in [-0.05, 0) is 43.1 Å². The van der Waals surface area contributed by atoms with Gasteiger partial charge in [0, 0.05) is 19.8 Å². The van der Waals surface area contributed by atoms with Crippen molar-refractivity contribution in [3.05, 3.63) is 18.0 Å². The van der Waals surface area contributed by atoms with Crippen LogP contribution in [-0.2, 0) is 0 Å². The highest BCUT2D eigenvalue weighted by molar-refractivity contribution is 5.91. The van der Waals surface area contributed by atoms with E-state index < -0.39 is 0 Å². The number of carbonyl (C=O) groups is 1. The van der Waals surface area contributed by atoms with Crippen molar-refractivity contribution in [1.29, 1.82) is 0 Å². The first-order valence-corrected chi connectivity index (χ1v) is 6.46. The van der Waals surface area contributed by atoms with Gasteiger partial charge in [0.1, 0.15) is 5.69 Å². The summed E-state index contributed by atoms with van der Waals surface area (Å²) in [6.45, 7) is 0.901. The number of rotatable bonds is 3. The smallest absolute Gasteiger partial charge is 0.271 e. The monoisotopic (exact) mass is 233 g/mol. The van der Waals surface area contributed by atoms with Gasteiger partial charge in [0.15, 0.2) is 0 Å². The van der Waals surface area contributed by atoms with Gasteiger partial charge in [0.25, 0.3) is 5.91 Å². The Balaban J connectivity index is 1.60. The molecule has 2 saturated carbocycles. The van der Waals surface area contributed by atoms with E-state index in [1.54, 1.807) is 12.3 Å². The molecule has 1 atom stereocenters. The van der Waals surface area contributed by atoms with Gasteiger partial charge in [-0.1, -0.05) is 6.42 Å². The number of hydrogen-bond acceptors (Lipinski definition) is 2. The van der Waals surface area contributed by atoms with Gasteiger partial charge in [-0.25, -0.2) is 0 Å². The standard InChI is InChI=1S/C13H19N3O/c1-16(12(17)11-4-8-14-15-11)9-10-3-7-13(10)5-2-6-13/h4,8,10H,2-3,5-7,9H2,1H3,(H,14,15). The van der Waals surface area contributed by atoms with Crippen molar-refractivity contribution in [1.82, 2.24) is 15.1 Å². The minimum atomic E-state index is 0.0591. The lowest BCUT2D eigenvalue weighted by Crippen LogP contribution is -2.50. The predicted molar refractivity (Wildman–Crippen MR) is 64.6 cm³/mol. The molecule has 17 heavy (non-hydrogen) atoms. The lowest BCUT2D eigenvalue weighted by molar-refractivity contribution is -0.0582. The molecule has 1 amide bonds. The van der Waals surface area contributed by atoms with Crippen LogP contribution >= 0.6 is 0 Å². The lowest BCUT2D eigenvalue weighted by atomic mass is 9.50. The van der Waals surface area contributed by atoms with Gasteiger partial charge in [-0.2, -0.15) is 5.10 Å². The van der Waals surface area contributed by atoms with Crippen LogP contribution < -0.4 is 0 Å². The molecule has 3 rings (SSSR count). The summed E-state index contributed by atoms with van der Waals surface area (Å²) in [5.74, 6) is 0.789. The number of carbonyl (C=O) groups excluding carboxylic acids is 1. The molecule has 0 radical (unpaired) electrons. The normalized spacial score (nSPS) is 25.1. The molecule has 2 aliphatic carbocycles. The van der Waals surface area contributed by atoms with Crippen LogP contribution in [0.1, 0.15) is 42.6 Å². The Morgan fingerprint density at radius 3 is 2.88 bits per heavy atom. The summed E-state index contributed by atoms with van der Waals surface area (Å²) in [5.41, 5.74) is 1.21. The number of amides is 1. The van der Waals surface area contributed by atoms with Crippen LogP contribution in [-0.4, -0.2) is 34.6 Å². The van der Waals surface area contributed by atoms with Crippen LogP contribution in [0.2, 0.25) is 0 Å². The van der Waals surface area contributed by atoms with E-state index in [0.717, 1.165) is 12.5 Å². The number of H-pyrrole nitrogens is 1. The Kier molecular flexibility index (Phi) is 2.45. The molecule has 2 fully saturated rings. The number of nitrogens with zero attached hydrogens (tertiary/aromatic N) is 2. The Hall–Kier alpha value is -1.32. The zero-order valence-corrected chi connectivity index (χ0v) is 10.3. The van der Waals surface area contributed by atoms with E-state index in [9.17, 15) is 4.79 Å². The van der Waals surface area contributed by atoms with E-state index in [1.807, 2.05) is 11.9 Å². The Morgan fingerprint density at radius 2 is 2.41 bits per heavy atom.